The number of nitrogens with zero attached hydrogens (tertiary/aromatic N) is 1. The van der Waals surface area contributed by atoms with E-state index in [2.05, 4.69) is 10.6 Å². The third-order valence-electron chi connectivity index (χ3n) is 5.59. The van der Waals surface area contributed by atoms with Gasteiger partial charge in [-0.2, -0.15) is 0 Å². The third-order valence-corrected chi connectivity index (χ3v) is 7.54. The molecule has 2 unspecified atom stereocenters. The minimum atomic E-state index is -0.566. The standard InChI is InChI=1S/C17H27N3O4S/c1-9(2)19-15(23)13-17-6-5-10(25-17)11(14(22)18-3)12(17)16(24)20(13)7-4-8-21/h9-13,21H,4-8H2,1-3H3,(H,18,22)(H,19,23)/t10-,11+,12+,13?,17?/m1/s1. The number of likely N-dealkylation sites (tertiary alicyclic amines) is 1. The zero-order chi connectivity index (χ0) is 18.4. The molecule has 0 radical (unpaired) electrons. The van der Waals surface area contributed by atoms with Crippen LogP contribution in [0.5, 0.6) is 0 Å². The highest BCUT2D eigenvalue weighted by Gasteiger charge is 2.73. The molecule has 3 heterocycles. The minimum Gasteiger partial charge on any atom is -0.396 e. The normalized spacial score (nSPS) is 36.0. The van der Waals surface area contributed by atoms with Crippen molar-refractivity contribution in [1.29, 1.82) is 0 Å². The lowest BCUT2D eigenvalue weighted by molar-refractivity contribution is -0.140. The molecule has 0 aromatic carbocycles. The number of nitrogens with one attached hydrogen (secondary N) is 2. The molecule has 3 aliphatic heterocycles. The number of aliphatic hydroxyl groups is 1. The Morgan fingerprint density at radius 3 is 2.72 bits per heavy atom. The number of aliphatic hydroxyl groups excluding tert-OH is 1. The summed E-state index contributed by atoms with van der Waals surface area (Å²) in [5.74, 6) is -1.18. The van der Waals surface area contributed by atoms with Crippen LogP contribution in [0.15, 0.2) is 0 Å². The van der Waals surface area contributed by atoms with Crippen LogP contribution in [0.4, 0.5) is 0 Å². The van der Waals surface area contributed by atoms with Crippen molar-refractivity contribution in [2.75, 3.05) is 20.2 Å². The van der Waals surface area contributed by atoms with Crippen LogP contribution in [0.1, 0.15) is 33.1 Å². The largest absolute Gasteiger partial charge is 0.396 e. The van der Waals surface area contributed by atoms with Crippen LogP contribution in [0.2, 0.25) is 0 Å². The Labute approximate surface area is 152 Å². The average Bonchev–Trinajstić information content (AvgIpc) is 3.19. The first-order chi connectivity index (χ1) is 11.9. The minimum absolute atomic E-state index is 0.0175. The molecule has 3 saturated heterocycles. The second-order valence-electron chi connectivity index (χ2n) is 7.44. The van der Waals surface area contributed by atoms with Gasteiger partial charge in [0.15, 0.2) is 0 Å². The molecule has 3 rings (SSSR count). The first kappa shape index (κ1) is 18.5. The zero-order valence-electron chi connectivity index (χ0n) is 14.9. The molecule has 0 saturated carbocycles. The summed E-state index contributed by atoms with van der Waals surface area (Å²) in [7, 11) is 1.59. The Morgan fingerprint density at radius 2 is 2.12 bits per heavy atom. The van der Waals surface area contributed by atoms with Gasteiger partial charge in [0.05, 0.1) is 16.6 Å². The smallest absolute Gasteiger partial charge is 0.244 e. The average molecular weight is 369 g/mol. The van der Waals surface area contributed by atoms with Crippen LogP contribution >= 0.6 is 11.8 Å². The predicted octanol–water partition coefficient (Wildman–Crippen LogP) is -0.269. The highest BCUT2D eigenvalue weighted by atomic mass is 32.2. The molecule has 25 heavy (non-hydrogen) atoms. The number of rotatable bonds is 6. The van der Waals surface area contributed by atoms with E-state index in [9.17, 15) is 19.5 Å². The first-order valence-electron chi connectivity index (χ1n) is 8.98. The molecule has 1 spiro atoms. The second-order valence-corrected chi connectivity index (χ2v) is 9.04. The van der Waals surface area contributed by atoms with E-state index in [4.69, 9.17) is 0 Å². The first-order valence-corrected chi connectivity index (χ1v) is 9.86. The van der Waals surface area contributed by atoms with Gasteiger partial charge in [-0.1, -0.05) is 0 Å². The van der Waals surface area contributed by atoms with E-state index in [-0.39, 0.29) is 41.5 Å². The van der Waals surface area contributed by atoms with Crippen molar-refractivity contribution in [2.45, 2.75) is 55.2 Å². The molecule has 0 aliphatic carbocycles. The maximum absolute atomic E-state index is 13.2. The SMILES string of the molecule is CNC(=O)[C@@H]1[C@H]2C(=O)N(CCCO)C(C(=O)NC(C)C)C23CC[C@H]1S3. The van der Waals surface area contributed by atoms with Crippen molar-refractivity contribution in [1.82, 2.24) is 15.5 Å². The van der Waals surface area contributed by atoms with Gasteiger partial charge in [-0.3, -0.25) is 14.4 Å². The number of hydrogen-bond acceptors (Lipinski definition) is 5. The summed E-state index contributed by atoms with van der Waals surface area (Å²) in [6, 6.07) is -0.584. The number of hydrogen-bond donors (Lipinski definition) is 3. The highest BCUT2D eigenvalue weighted by Crippen LogP contribution is 2.66. The van der Waals surface area contributed by atoms with Gasteiger partial charge in [-0.15, -0.1) is 11.8 Å². The summed E-state index contributed by atoms with van der Waals surface area (Å²) >= 11 is 1.66. The number of carbonyl (C=O) groups excluding carboxylic acids is 3. The van der Waals surface area contributed by atoms with Crippen LogP contribution in [-0.4, -0.2) is 70.0 Å². The van der Waals surface area contributed by atoms with Gasteiger partial charge in [0.2, 0.25) is 17.7 Å². The molecule has 3 fully saturated rings. The van der Waals surface area contributed by atoms with Gasteiger partial charge in [-0.05, 0) is 33.1 Å². The molecular formula is C17H27N3O4S. The lowest BCUT2D eigenvalue weighted by Gasteiger charge is -2.34. The van der Waals surface area contributed by atoms with Gasteiger partial charge in [-0.25, -0.2) is 0 Å². The number of thioether (sulfide) groups is 1. The molecule has 0 aromatic rings. The van der Waals surface area contributed by atoms with Crippen LogP contribution in [0, 0.1) is 11.8 Å². The number of fused-ring (bicyclic) bond motifs is 1. The summed E-state index contributed by atoms with van der Waals surface area (Å²) in [4.78, 5) is 40.2. The molecule has 3 N–H and O–H groups in total. The fourth-order valence-corrected chi connectivity index (χ4v) is 6.99. The molecule has 3 amide bonds. The van der Waals surface area contributed by atoms with Crippen molar-refractivity contribution in [3.63, 3.8) is 0 Å². The van der Waals surface area contributed by atoms with Crippen LogP contribution in [0.3, 0.4) is 0 Å². The Bertz CT molecular complexity index is 584. The van der Waals surface area contributed by atoms with E-state index in [1.165, 1.54) is 0 Å². The summed E-state index contributed by atoms with van der Waals surface area (Å²) < 4.78 is -0.520. The monoisotopic (exact) mass is 369 g/mol. The Hall–Kier alpha value is -1.28. The Morgan fingerprint density at radius 1 is 1.40 bits per heavy atom. The van der Waals surface area contributed by atoms with Crippen molar-refractivity contribution >= 4 is 29.5 Å². The topological polar surface area (TPSA) is 98.7 Å². The Balaban J connectivity index is 1.98. The lowest BCUT2D eigenvalue weighted by atomic mass is 9.70. The molecule has 2 bridgehead atoms. The number of carbonyl (C=O) groups is 3. The van der Waals surface area contributed by atoms with E-state index < -0.39 is 16.7 Å². The van der Waals surface area contributed by atoms with Gasteiger partial charge >= 0.3 is 0 Å². The number of amides is 3. The van der Waals surface area contributed by atoms with Gasteiger partial charge < -0.3 is 20.6 Å². The molecule has 7 nitrogen and oxygen atoms in total. The summed E-state index contributed by atoms with van der Waals surface area (Å²) in [6.07, 6.45) is 2.06. The molecule has 5 atom stereocenters. The van der Waals surface area contributed by atoms with Gasteiger partial charge in [0.25, 0.3) is 0 Å². The summed E-state index contributed by atoms with van der Waals surface area (Å²) in [5, 5.41) is 14.9. The van der Waals surface area contributed by atoms with Crippen molar-refractivity contribution in [2.24, 2.45) is 11.8 Å². The van der Waals surface area contributed by atoms with Gasteiger partial charge in [0, 0.05) is 31.5 Å². The van der Waals surface area contributed by atoms with Crippen molar-refractivity contribution < 1.29 is 19.5 Å². The molecule has 8 heteroatoms. The van der Waals surface area contributed by atoms with Crippen LogP contribution < -0.4 is 10.6 Å². The van der Waals surface area contributed by atoms with E-state index in [1.807, 2.05) is 13.8 Å². The van der Waals surface area contributed by atoms with Crippen LogP contribution in [-0.2, 0) is 14.4 Å². The van der Waals surface area contributed by atoms with Crippen LogP contribution in [0.25, 0.3) is 0 Å². The lowest BCUT2D eigenvalue weighted by Crippen LogP contribution is -2.54. The fraction of sp³-hybridized carbons (Fsp3) is 0.824. The van der Waals surface area contributed by atoms with E-state index >= 15 is 0 Å². The summed E-state index contributed by atoms with van der Waals surface area (Å²) in [5.41, 5.74) is 0. The Kier molecular flexibility index (Phi) is 5.03. The quantitative estimate of drug-likeness (QED) is 0.599. The molecular weight excluding hydrogens is 342 g/mol. The fourth-order valence-electron chi connectivity index (χ4n) is 4.77. The zero-order valence-corrected chi connectivity index (χ0v) is 15.8. The van der Waals surface area contributed by atoms with Gasteiger partial charge in [0.1, 0.15) is 6.04 Å². The maximum Gasteiger partial charge on any atom is 0.244 e. The van der Waals surface area contributed by atoms with Crippen molar-refractivity contribution in [3.8, 4) is 0 Å². The van der Waals surface area contributed by atoms with E-state index in [0.29, 0.717) is 13.0 Å². The van der Waals surface area contributed by atoms with E-state index in [0.717, 1.165) is 12.8 Å². The van der Waals surface area contributed by atoms with E-state index in [1.54, 1.807) is 23.7 Å². The molecule has 0 aromatic heterocycles. The predicted molar refractivity (Wildman–Crippen MR) is 94.9 cm³/mol. The maximum atomic E-state index is 13.2. The second kappa shape index (κ2) is 6.79. The summed E-state index contributed by atoms with van der Waals surface area (Å²) in [6.45, 7) is 4.10. The highest BCUT2D eigenvalue weighted by molar-refractivity contribution is 8.02. The third kappa shape index (κ3) is 2.73. The van der Waals surface area contributed by atoms with Crippen molar-refractivity contribution in [3.05, 3.63) is 0 Å². The molecule has 3 aliphatic rings. The molecule has 140 valence electrons.